The molecular weight excluding hydrogens is 266 g/mol. The molecule has 0 bridgehead atoms. The molecule has 1 saturated heterocycles. The van der Waals surface area contributed by atoms with E-state index in [1.807, 2.05) is 10.7 Å². The highest BCUT2D eigenvalue weighted by Crippen LogP contribution is 2.28. The SMILES string of the molecule is Cc1nn(Cc2ncccn2)c(C)c1C1COCCN1C. The summed E-state index contributed by atoms with van der Waals surface area (Å²) < 4.78 is 7.63. The van der Waals surface area contributed by atoms with Crippen molar-refractivity contribution in [3.8, 4) is 0 Å². The van der Waals surface area contributed by atoms with E-state index in [9.17, 15) is 0 Å². The molecule has 0 aliphatic carbocycles. The Morgan fingerprint density at radius 2 is 2.05 bits per heavy atom. The molecule has 112 valence electrons. The van der Waals surface area contributed by atoms with Gasteiger partial charge in [-0.25, -0.2) is 9.97 Å². The van der Waals surface area contributed by atoms with Crippen LogP contribution in [0, 0.1) is 13.8 Å². The lowest BCUT2D eigenvalue weighted by molar-refractivity contribution is 0.00457. The normalized spacial score (nSPS) is 19.9. The van der Waals surface area contributed by atoms with Crippen molar-refractivity contribution in [3.63, 3.8) is 0 Å². The van der Waals surface area contributed by atoms with E-state index >= 15 is 0 Å². The molecule has 0 amide bonds. The minimum Gasteiger partial charge on any atom is -0.378 e. The smallest absolute Gasteiger partial charge is 0.149 e. The van der Waals surface area contributed by atoms with Gasteiger partial charge in [-0.3, -0.25) is 9.58 Å². The van der Waals surface area contributed by atoms with Crippen LogP contribution in [0.2, 0.25) is 0 Å². The number of aryl methyl sites for hydroxylation is 1. The molecule has 1 fully saturated rings. The monoisotopic (exact) mass is 287 g/mol. The van der Waals surface area contributed by atoms with E-state index in [0.29, 0.717) is 6.54 Å². The van der Waals surface area contributed by atoms with Crippen molar-refractivity contribution in [2.75, 3.05) is 26.8 Å². The lowest BCUT2D eigenvalue weighted by Gasteiger charge is -2.32. The van der Waals surface area contributed by atoms with E-state index in [0.717, 1.165) is 31.3 Å². The Labute approximate surface area is 124 Å². The van der Waals surface area contributed by atoms with Crippen LogP contribution in [0.4, 0.5) is 0 Å². The van der Waals surface area contributed by atoms with Gasteiger partial charge in [0.2, 0.25) is 0 Å². The van der Waals surface area contributed by atoms with Crippen molar-refractivity contribution < 1.29 is 4.74 Å². The van der Waals surface area contributed by atoms with Gasteiger partial charge in [-0.15, -0.1) is 0 Å². The van der Waals surface area contributed by atoms with Crippen LogP contribution >= 0.6 is 0 Å². The minimum atomic E-state index is 0.282. The molecular formula is C15H21N5O. The fourth-order valence-corrected chi connectivity index (χ4v) is 2.88. The maximum Gasteiger partial charge on any atom is 0.149 e. The van der Waals surface area contributed by atoms with E-state index in [2.05, 4.69) is 40.9 Å². The standard InChI is InChI=1S/C15H21N5O/c1-11-15(13-10-21-8-7-19(13)3)12(2)20(18-11)9-14-16-5-4-6-17-14/h4-6,13H,7-10H2,1-3H3. The lowest BCUT2D eigenvalue weighted by Crippen LogP contribution is -2.37. The van der Waals surface area contributed by atoms with Gasteiger partial charge in [-0.1, -0.05) is 0 Å². The van der Waals surface area contributed by atoms with Crippen LogP contribution in [-0.4, -0.2) is 51.5 Å². The average Bonchev–Trinajstić information content (AvgIpc) is 2.76. The van der Waals surface area contributed by atoms with Crippen LogP contribution in [0.25, 0.3) is 0 Å². The molecule has 0 spiro atoms. The molecule has 0 radical (unpaired) electrons. The molecule has 1 atom stereocenters. The first kappa shape index (κ1) is 14.2. The third-order valence-corrected chi connectivity index (χ3v) is 4.08. The summed E-state index contributed by atoms with van der Waals surface area (Å²) in [6, 6.07) is 2.11. The van der Waals surface area contributed by atoms with Crippen molar-refractivity contribution in [1.29, 1.82) is 0 Å². The first-order valence-electron chi connectivity index (χ1n) is 7.24. The second-order valence-corrected chi connectivity index (χ2v) is 5.48. The van der Waals surface area contributed by atoms with Crippen molar-refractivity contribution in [3.05, 3.63) is 41.2 Å². The van der Waals surface area contributed by atoms with Gasteiger partial charge in [0.05, 0.1) is 24.9 Å². The fourth-order valence-electron chi connectivity index (χ4n) is 2.88. The maximum absolute atomic E-state index is 5.64. The van der Waals surface area contributed by atoms with Gasteiger partial charge in [0.25, 0.3) is 0 Å². The van der Waals surface area contributed by atoms with Crippen LogP contribution in [0.1, 0.15) is 28.8 Å². The number of rotatable bonds is 3. The first-order valence-corrected chi connectivity index (χ1v) is 7.24. The van der Waals surface area contributed by atoms with Gasteiger partial charge >= 0.3 is 0 Å². The predicted molar refractivity (Wildman–Crippen MR) is 79.0 cm³/mol. The molecule has 0 saturated carbocycles. The van der Waals surface area contributed by atoms with Gasteiger partial charge in [0.1, 0.15) is 12.4 Å². The Bertz CT molecular complexity index is 610. The predicted octanol–water partition coefficient (Wildman–Crippen LogP) is 1.34. The zero-order valence-electron chi connectivity index (χ0n) is 12.8. The third kappa shape index (κ3) is 2.82. The van der Waals surface area contributed by atoms with E-state index in [1.54, 1.807) is 12.4 Å². The topological polar surface area (TPSA) is 56.1 Å². The number of hydrogen-bond donors (Lipinski definition) is 0. The summed E-state index contributed by atoms with van der Waals surface area (Å²) in [6.45, 7) is 7.26. The van der Waals surface area contributed by atoms with Gasteiger partial charge < -0.3 is 4.74 Å². The molecule has 0 N–H and O–H groups in total. The van der Waals surface area contributed by atoms with Crippen LogP contribution < -0.4 is 0 Å². The Hall–Kier alpha value is -1.79. The first-order chi connectivity index (χ1) is 10.2. The number of likely N-dealkylation sites (N-methyl/N-ethyl adjacent to an activating group) is 1. The van der Waals surface area contributed by atoms with Crippen molar-refractivity contribution in [2.45, 2.75) is 26.4 Å². The summed E-state index contributed by atoms with van der Waals surface area (Å²) in [6.07, 6.45) is 3.52. The van der Waals surface area contributed by atoms with E-state index in [1.165, 1.54) is 11.3 Å². The fraction of sp³-hybridized carbons (Fsp3) is 0.533. The number of ether oxygens (including phenoxy) is 1. The van der Waals surface area contributed by atoms with Crippen LogP contribution in [-0.2, 0) is 11.3 Å². The molecule has 3 rings (SSSR count). The largest absolute Gasteiger partial charge is 0.378 e. The Balaban J connectivity index is 1.89. The van der Waals surface area contributed by atoms with Gasteiger partial charge in [-0.05, 0) is 27.0 Å². The molecule has 2 aromatic heterocycles. The summed E-state index contributed by atoms with van der Waals surface area (Å²) in [5.41, 5.74) is 3.50. The second kappa shape index (κ2) is 5.91. The summed E-state index contributed by atoms with van der Waals surface area (Å²) in [7, 11) is 2.14. The summed E-state index contributed by atoms with van der Waals surface area (Å²) in [4.78, 5) is 10.9. The number of hydrogen-bond acceptors (Lipinski definition) is 5. The Morgan fingerprint density at radius 3 is 2.76 bits per heavy atom. The van der Waals surface area contributed by atoms with Crippen LogP contribution in [0.5, 0.6) is 0 Å². The highest BCUT2D eigenvalue weighted by atomic mass is 16.5. The van der Waals surface area contributed by atoms with Crippen LogP contribution in [0.3, 0.4) is 0 Å². The molecule has 21 heavy (non-hydrogen) atoms. The molecule has 3 heterocycles. The molecule has 0 aromatic carbocycles. The number of nitrogens with zero attached hydrogens (tertiary/aromatic N) is 5. The summed E-state index contributed by atoms with van der Waals surface area (Å²) in [5.74, 6) is 0.780. The summed E-state index contributed by atoms with van der Waals surface area (Å²) in [5, 5.41) is 4.67. The zero-order valence-corrected chi connectivity index (χ0v) is 12.8. The Morgan fingerprint density at radius 1 is 1.29 bits per heavy atom. The minimum absolute atomic E-state index is 0.282. The molecule has 1 aliphatic rings. The number of morpholine rings is 1. The molecule has 2 aromatic rings. The molecule has 6 heteroatoms. The molecule has 1 aliphatic heterocycles. The van der Waals surface area contributed by atoms with Gasteiger partial charge in [0, 0.05) is 30.2 Å². The maximum atomic E-state index is 5.64. The average molecular weight is 287 g/mol. The van der Waals surface area contributed by atoms with Gasteiger partial charge in [-0.2, -0.15) is 5.10 Å². The van der Waals surface area contributed by atoms with Crippen molar-refractivity contribution in [1.82, 2.24) is 24.6 Å². The number of aromatic nitrogens is 4. The van der Waals surface area contributed by atoms with E-state index < -0.39 is 0 Å². The van der Waals surface area contributed by atoms with Crippen molar-refractivity contribution in [2.24, 2.45) is 0 Å². The second-order valence-electron chi connectivity index (χ2n) is 5.48. The summed E-state index contributed by atoms with van der Waals surface area (Å²) >= 11 is 0. The van der Waals surface area contributed by atoms with Crippen molar-refractivity contribution >= 4 is 0 Å². The third-order valence-electron chi connectivity index (χ3n) is 4.08. The molecule has 1 unspecified atom stereocenters. The van der Waals surface area contributed by atoms with Gasteiger partial charge in [0.15, 0.2) is 0 Å². The van der Waals surface area contributed by atoms with Crippen LogP contribution in [0.15, 0.2) is 18.5 Å². The van der Waals surface area contributed by atoms with E-state index in [4.69, 9.17) is 4.74 Å². The quantitative estimate of drug-likeness (QED) is 0.852. The highest BCUT2D eigenvalue weighted by Gasteiger charge is 2.27. The van der Waals surface area contributed by atoms with E-state index in [-0.39, 0.29) is 6.04 Å². The zero-order chi connectivity index (χ0) is 14.8. The highest BCUT2D eigenvalue weighted by molar-refractivity contribution is 5.29. The lowest BCUT2D eigenvalue weighted by atomic mass is 10.0. The molecule has 6 nitrogen and oxygen atoms in total. The Kier molecular flexibility index (Phi) is 3.98.